The molecule has 0 saturated heterocycles. The molecule has 2 N–H and O–H groups in total. The van der Waals surface area contributed by atoms with Crippen LogP contribution >= 0.6 is 0 Å². The molecule has 6 nitrogen and oxygen atoms in total. The molecule has 18 heavy (non-hydrogen) atoms. The number of nitrogens with one attached hydrogen (secondary N) is 2. The Morgan fingerprint density at radius 2 is 2.00 bits per heavy atom. The summed E-state index contributed by atoms with van der Waals surface area (Å²) in [7, 11) is 0. The summed E-state index contributed by atoms with van der Waals surface area (Å²) in [5.74, 6) is 0.536. The van der Waals surface area contributed by atoms with Crippen molar-refractivity contribution in [2.45, 2.75) is 19.8 Å². The van der Waals surface area contributed by atoms with Crippen LogP contribution in [-0.4, -0.2) is 18.6 Å². The molecule has 1 heterocycles. The van der Waals surface area contributed by atoms with Gasteiger partial charge in [-0.25, -0.2) is 0 Å². The fourth-order valence-electron chi connectivity index (χ4n) is 1.53. The van der Waals surface area contributed by atoms with E-state index in [0.717, 1.165) is 6.42 Å². The van der Waals surface area contributed by atoms with Gasteiger partial charge in [0.15, 0.2) is 11.5 Å². The first-order chi connectivity index (χ1) is 8.70. The van der Waals surface area contributed by atoms with Crippen molar-refractivity contribution in [2.24, 2.45) is 0 Å². The second-order valence-corrected chi connectivity index (χ2v) is 3.82. The number of rotatable bonds is 3. The maximum absolute atomic E-state index is 11.7. The Kier molecular flexibility index (Phi) is 3.66. The SMILES string of the molecule is CCCC(=O)NNC(=O)c1ccc2c(c1)OCO2. The summed E-state index contributed by atoms with van der Waals surface area (Å²) in [6.07, 6.45) is 1.10. The highest BCUT2D eigenvalue weighted by molar-refractivity contribution is 5.96. The van der Waals surface area contributed by atoms with Gasteiger partial charge in [-0.3, -0.25) is 20.4 Å². The Morgan fingerprint density at radius 1 is 1.22 bits per heavy atom. The van der Waals surface area contributed by atoms with Crippen molar-refractivity contribution in [1.82, 2.24) is 10.9 Å². The minimum absolute atomic E-state index is 0.160. The summed E-state index contributed by atoms with van der Waals surface area (Å²) in [5, 5.41) is 0. The first kappa shape index (κ1) is 12.2. The molecule has 0 bridgehead atoms. The highest BCUT2D eigenvalue weighted by atomic mass is 16.7. The van der Waals surface area contributed by atoms with E-state index in [2.05, 4.69) is 10.9 Å². The fraction of sp³-hybridized carbons (Fsp3) is 0.333. The average Bonchev–Trinajstić information content (AvgIpc) is 2.83. The minimum atomic E-state index is -0.391. The maximum atomic E-state index is 11.7. The molecule has 1 aromatic carbocycles. The van der Waals surface area contributed by atoms with Crippen LogP contribution < -0.4 is 20.3 Å². The molecule has 96 valence electrons. The number of hydrazine groups is 1. The van der Waals surface area contributed by atoms with Crippen LogP contribution in [0.15, 0.2) is 18.2 Å². The highest BCUT2D eigenvalue weighted by Crippen LogP contribution is 2.32. The lowest BCUT2D eigenvalue weighted by Crippen LogP contribution is -2.41. The standard InChI is InChI=1S/C12H14N2O4/c1-2-3-11(15)13-14-12(16)8-4-5-9-10(6-8)18-7-17-9/h4-6H,2-3,7H2,1H3,(H,13,15)(H,14,16). The highest BCUT2D eigenvalue weighted by Gasteiger charge is 2.16. The van der Waals surface area contributed by atoms with E-state index in [4.69, 9.17) is 9.47 Å². The lowest BCUT2D eigenvalue weighted by molar-refractivity contribution is -0.121. The van der Waals surface area contributed by atoms with Crippen LogP contribution in [-0.2, 0) is 4.79 Å². The third kappa shape index (κ3) is 2.71. The Bertz CT molecular complexity index is 473. The number of carbonyl (C=O) groups excluding carboxylic acids is 2. The van der Waals surface area contributed by atoms with Gasteiger partial charge >= 0.3 is 0 Å². The number of hydrogen-bond donors (Lipinski definition) is 2. The first-order valence-electron chi connectivity index (χ1n) is 5.69. The predicted octanol–water partition coefficient (Wildman–Crippen LogP) is 0.976. The van der Waals surface area contributed by atoms with Crippen LogP contribution in [0.1, 0.15) is 30.1 Å². The molecule has 0 fully saturated rings. The Hall–Kier alpha value is -2.24. The van der Waals surface area contributed by atoms with Crippen LogP contribution in [0.4, 0.5) is 0 Å². The molecule has 0 aromatic heterocycles. The Labute approximate surface area is 104 Å². The number of hydrogen-bond acceptors (Lipinski definition) is 4. The molecule has 1 aromatic rings. The van der Waals surface area contributed by atoms with E-state index >= 15 is 0 Å². The topological polar surface area (TPSA) is 76.7 Å². The molecule has 1 aliphatic rings. The van der Waals surface area contributed by atoms with Gasteiger partial charge in [0.05, 0.1) is 0 Å². The molecule has 0 aliphatic carbocycles. The van der Waals surface area contributed by atoms with Crippen molar-refractivity contribution in [3.63, 3.8) is 0 Å². The largest absolute Gasteiger partial charge is 0.454 e. The molecular formula is C12H14N2O4. The normalized spacial score (nSPS) is 12.1. The van der Waals surface area contributed by atoms with Gasteiger partial charge in [0.2, 0.25) is 12.7 Å². The van der Waals surface area contributed by atoms with E-state index in [1.165, 1.54) is 0 Å². The van der Waals surface area contributed by atoms with Crippen LogP contribution in [0.2, 0.25) is 0 Å². The van der Waals surface area contributed by atoms with Crippen LogP contribution in [0.3, 0.4) is 0 Å². The van der Waals surface area contributed by atoms with E-state index in [1.807, 2.05) is 6.92 Å². The van der Waals surface area contributed by atoms with Gasteiger partial charge in [-0.15, -0.1) is 0 Å². The van der Waals surface area contributed by atoms with Gasteiger partial charge in [0.25, 0.3) is 5.91 Å². The number of ether oxygens (including phenoxy) is 2. The predicted molar refractivity (Wildman–Crippen MR) is 63.1 cm³/mol. The number of fused-ring (bicyclic) bond motifs is 1. The van der Waals surface area contributed by atoms with E-state index in [-0.39, 0.29) is 12.7 Å². The third-order valence-electron chi connectivity index (χ3n) is 2.43. The fourth-order valence-corrected chi connectivity index (χ4v) is 1.53. The average molecular weight is 250 g/mol. The van der Waals surface area contributed by atoms with Crippen molar-refractivity contribution in [3.8, 4) is 11.5 Å². The zero-order valence-corrected chi connectivity index (χ0v) is 9.99. The zero-order valence-electron chi connectivity index (χ0n) is 9.99. The Morgan fingerprint density at radius 3 is 2.78 bits per heavy atom. The zero-order chi connectivity index (χ0) is 13.0. The van der Waals surface area contributed by atoms with Crippen molar-refractivity contribution < 1.29 is 19.1 Å². The first-order valence-corrected chi connectivity index (χ1v) is 5.69. The number of benzene rings is 1. The van der Waals surface area contributed by atoms with E-state index in [0.29, 0.717) is 23.5 Å². The molecule has 0 unspecified atom stereocenters. The Balaban J connectivity index is 1.95. The summed E-state index contributed by atoms with van der Waals surface area (Å²) < 4.78 is 10.3. The molecule has 0 saturated carbocycles. The summed E-state index contributed by atoms with van der Waals surface area (Å²) >= 11 is 0. The van der Waals surface area contributed by atoms with Crippen LogP contribution in [0, 0.1) is 0 Å². The van der Waals surface area contributed by atoms with E-state index in [1.54, 1.807) is 18.2 Å². The van der Waals surface area contributed by atoms with Crippen molar-refractivity contribution in [2.75, 3.05) is 6.79 Å². The number of carbonyl (C=O) groups is 2. The summed E-state index contributed by atoms with van der Waals surface area (Å²) in [6.45, 7) is 2.05. The maximum Gasteiger partial charge on any atom is 0.269 e. The quantitative estimate of drug-likeness (QED) is 0.784. The summed E-state index contributed by atoms with van der Waals surface area (Å²) in [5.41, 5.74) is 5.08. The molecular weight excluding hydrogens is 236 g/mol. The van der Waals surface area contributed by atoms with E-state index in [9.17, 15) is 9.59 Å². The lowest BCUT2D eigenvalue weighted by Gasteiger charge is -2.07. The molecule has 2 amide bonds. The smallest absolute Gasteiger partial charge is 0.269 e. The molecule has 1 aliphatic heterocycles. The minimum Gasteiger partial charge on any atom is -0.454 e. The van der Waals surface area contributed by atoms with Crippen LogP contribution in [0.5, 0.6) is 11.5 Å². The lowest BCUT2D eigenvalue weighted by atomic mass is 10.2. The molecule has 0 atom stereocenters. The molecule has 0 radical (unpaired) electrons. The van der Waals surface area contributed by atoms with Gasteiger partial charge < -0.3 is 9.47 Å². The van der Waals surface area contributed by atoms with E-state index < -0.39 is 5.91 Å². The van der Waals surface area contributed by atoms with Gasteiger partial charge in [-0.1, -0.05) is 6.92 Å². The third-order valence-corrected chi connectivity index (χ3v) is 2.43. The molecule has 0 spiro atoms. The van der Waals surface area contributed by atoms with Gasteiger partial charge in [0.1, 0.15) is 0 Å². The molecule has 2 rings (SSSR count). The molecule has 6 heteroatoms. The second-order valence-electron chi connectivity index (χ2n) is 3.82. The van der Waals surface area contributed by atoms with Crippen molar-refractivity contribution in [3.05, 3.63) is 23.8 Å². The number of amides is 2. The van der Waals surface area contributed by atoms with Gasteiger partial charge in [-0.05, 0) is 24.6 Å². The second kappa shape index (κ2) is 5.39. The van der Waals surface area contributed by atoms with Gasteiger partial charge in [0, 0.05) is 12.0 Å². The van der Waals surface area contributed by atoms with Gasteiger partial charge in [-0.2, -0.15) is 0 Å². The van der Waals surface area contributed by atoms with Crippen molar-refractivity contribution >= 4 is 11.8 Å². The van der Waals surface area contributed by atoms with Crippen molar-refractivity contribution in [1.29, 1.82) is 0 Å². The summed E-state index contributed by atoms with van der Waals surface area (Å²) in [6, 6.07) is 4.84. The summed E-state index contributed by atoms with van der Waals surface area (Å²) in [4.78, 5) is 22.9. The van der Waals surface area contributed by atoms with Crippen LogP contribution in [0.25, 0.3) is 0 Å². The monoisotopic (exact) mass is 250 g/mol.